The Bertz CT molecular complexity index is 1270. The van der Waals surface area contributed by atoms with Crippen LogP contribution in [0.15, 0.2) is 48.7 Å². The number of alkyl halides is 3. The van der Waals surface area contributed by atoms with Gasteiger partial charge in [-0.3, -0.25) is 0 Å². The van der Waals surface area contributed by atoms with Gasteiger partial charge in [0.25, 0.3) is 0 Å². The van der Waals surface area contributed by atoms with Crippen LogP contribution in [0.3, 0.4) is 0 Å². The molecular formula is C24H16F5N2NaO3. The van der Waals surface area contributed by atoms with Gasteiger partial charge in [0.05, 0.1) is 28.5 Å². The van der Waals surface area contributed by atoms with Gasteiger partial charge in [-0.05, 0) is 60.7 Å². The fraction of sp³-hybridized carbons (Fsp3) is 0.208. The van der Waals surface area contributed by atoms with Crippen LogP contribution < -0.4 is 39.4 Å². The molecule has 35 heavy (non-hydrogen) atoms. The van der Waals surface area contributed by atoms with E-state index in [1.165, 1.54) is 18.2 Å². The number of aromatic carboxylic acids is 1. The molecule has 4 rings (SSSR count). The van der Waals surface area contributed by atoms with Gasteiger partial charge in [-0.15, -0.1) is 0 Å². The fourth-order valence-electron chi connectivity index (χ4n) is 3.79. The van der Waals surface area contributed by atoms with Crippen LogP contribution >= 0.6 is 0 Å². The van der Waals surface area contributed by atoms with Crippen molar-refractivity contribution >= 4 is 17.1 Å². The SMILES string of the molecule is O=C([O-])c1cccc(C2=C(c3cc(C(F)(F)F)cnc3OCc3c(F)cccc3F)CCC2)n1.[Na+]. The van der Waals surface area contributed by atoms with Crippen molar-refractivity contribution in [1.29, 1.82) is 0 Å². The molecule has 1 aliphatic rings. The zero-order valence-corrected chi connectivity index (χ0v) is 20.5. The molecule has 0 saturated carbocycles. The second-order valence-corrected chi connectivity index (χ2v) is 7.57. The third-order valence-electron chi connectivity index (χ3n) is 5.40. The smallest absolute Gasteiger partial charge is 0.543 e. The van der Waals surface area contributed by atoms with Crippen LogP contribution in [0.5, 0.6) is 5.88 Å². The predicted octanol–water partition coefficient (Wildman–Crippen LogP) is 1.81. The number of nitrogens with zero attached hydrogens (tertiary/aromatic N) is 2. The van der Waals surface area contributed by atoms with Gasteiger partial charge in [0.1, 0.15) is 18.2 Å². The topological polar surface area (TPSA) is 75.1 Å². The van der Waals surface area contributed by atoms with Crippen LogP contribution in [0, 0.1) is 11.6 Å². The summed E-state index contributed by atoms with van der Waals surface area (Å²) in [5, 5.41) is 11.2. The van der Waals surface area contributed by atoms with Crippen molar-refractivity contribution in [3.63, 3.8) is 0 Å². The molecule has 0 aliphatic heterocycles. The second kappa shape index (κ2) is 10.8. The van der Waals surface area contributed by atoms with E-state index in [4.69, 9.17) is 4.74 Å². The van der Waals surface area contributed by atoms with Crippen LogP contribution in [0.1, 0.15) is 52.1 Å². The zero-order valence-electron chi connectivity index (χ0n) is 18.5. The maximum atomic E-state index is 14.0. The Labute approximate surface area is 219 Å². The Hall–Kier alpha value is -2.82. The standard InChI is InChI=1S/C24H17F5N2O3.Na/c25-18-6-2-7-19(26)17(18)12-34-22-16(10-13(11-30-22)24(27,28)29)14-4-1-5-15(14)20-8-3-9-21(31-20)23(32)33;/h2-3,6-11H,1,4-5,12H2,(H,32,33);/q;+1/p-1. The van der Waals surface area contributed by atoms with Crippen molar-refractivity contribution < 1.29 is 66.1 Å². The molecule has 0 atom stereocenters. The van der Waals surface area contributed by atoms with Gasteiger partial charge < -0.3 is 14.6 Å². The summed E-state index contributed by atoms with van der Waals surface area (Å²) >= 11 is 0. The van der Waals surface area contributed by atoms with Gasteiger partial charge in [-0.1, -0.05) is 12.1 Å². The normalized spacial score (nSPS) is 13.5. The van der Waals surface area contributed by atoms with Crippen molar-refractivity contribution in [2.24, 2.45) is 0 Å². The minimum atomic E-state index is -4.69. The van der Waals surface area contributed by atoms with E-state index in [1.54, 1.807) is 6.07 Å². The molecule has 0 radical (unpaired) electrons. The number of carbonyl (C=O) groups is 1. The van der Waals surface area contributed by atoms with E-state index in [1.807, 2.05) is 0 Å². The van der Waals surface area contributed by atoms with Gasteiger partial charge in [0.2, 0.25) is 5.88 Å². The predicted molar refractivity (Wildman–Crippen MR) is 109 cm³/mol. The number of pyridine rings is 2. The van der Waals surface area contributed by atoms with Crippen LogP contribution in [-0.4, -0.2) is 15.9 Å². The maximum Gasteiger partial charge on any atom is 1.00 e. The Morgan fingerprint density at radius 2 is 1.69 bits per heavy atom. The zero-order chi connectivity index (χ0) is 24.5. The monoisotopic (exact) mass is 498 g/mol. The van der Waals surface area contributed by atoms with Gasteiger partial charge in [-0.2, -0.15) is 13.2 Å². The van der Waals surface area contributed by atoms with E-state index in [0.717, 1.165) is 18.2 Å². The summed E-state index contributed by atoms with van der Waals surface area (Å²) in [6, 6.07) is 8.37. The summed E-state index contributed by atoms with van der Waals surface area (Å²) in [5.74, 6) is -3.45. The Morgan fingerprint density at radius 1 is 1.03 bits per heavy atom. The van der Waals surface area contributed by atoms with Crippen molar-refractivity contribution in [1.82, 2.24) is 9.97 Å². The van der Waals surface area contributed by atoms with E-state index >= 15 is 0 Å². The number of halogens is 5. The number of aromatic nitrogens is 2. The van der Waals surface area contributed by atoms with Crippen LogP contribution in [0.4, 0.5) is 22.0 Å². The van der Waals surface area contributed by atoms with E-state index in [9.17, 15) is 31.9 Å². The largest absolute Gasteiger partial charge is 1.00 e. The number of hydrogen-bond acceptors (Lipinski definition) is 5. The average molecular weight is 498 g/mol. The molecule has 176 valence electrons. The molecular weight excluding hydrogens is 482 g/mol. The quantitative estimate of drug-likeness (QED) is 0.383. The van der Waals surface area contributed by atoms with E-state index in [2.05, 4.69) is 9.97 Å². The first kappa shape index (κ1) is 26.8. The Balaban J connectivity index is 0.00000342. The summed E-state index contributed by atoms with van der Waals surface area (Å²) in [6.45, 7) is -0.592. The molecule has 0 N–H and O–H groups in total. The van der Waals surface area contributed by atoms with Crippen LogP contribution in [-0.2, 0) is 12.8 Å². The van der Waals surface area contributed by atoms with E-state index < -0.39 is 36.0 Å². The number of allylic oxidation sites excluding steroid dienone is 2. The van der Waals surface area contributed by atoms with Gasteiger partial charge in [0.15, 0.2) is 0 Å². The Morgan fingerprint density at radius 3 is 2.34 bits per heavy atom. The van der Waals surface area contributed by atoms with Crippen molar-refractivity contribution in [3.05, 3.63) is 88.4 Å². The van der Waals surface area contributed by atoms with Crippen molar-refractivity contribution in [3.8, 4) is 5.88 Å². The van der Waals surface area contributed by atoms with Gasteiger partial charge in [0, 0.05) is 11.8 Å². The first-order valence-corrected chi connectivity index (χ1v) is 10.2. The van der Waals surface area contributed by atoms with Gasteiger partial charge in [-0.25, -0.2) is 18.7 Å². The number of rotatable bonds is 6. The summed E-state index contributed by atoms with van der Waals surface area (Å²) in [5.41, 5.74) is -0.486. The first-order valence-electron chi connectivity index (χ1n) is 10.2. The van der Waals surface area contributed by atoms with E-state index in [0.29, 0.717) is 36.6 Å². The summed E-state index contributed by atoms with van der Waals surface area (Å²) in [6.07, 6.45) is -2.76. The molecule has 1 aromatic carbocycles. The summed E-state index contributed by atoms with van der Waals surface area (Å²) in [7, 11) is 0. The molecule has 0 fully saturated rings. The molecule has 0 spiro atoms. The Kier molecular flexibility index (Phi) is 8.30. The second-order valence-electron chi connectivity index (χ2n) is 7.57. The third kappa shape index (κ3) is 5.88. The molecule has 2 heterocycles. The molecule has 0 saturated heterocycles. The van der Waals surface area contributed by atoms with Gasteiger partial charge >= 0.3 is 35.7 Å². The fourth-order valence-corrected chi connectivity index (χ4v) is 3.79. The molecule has 11 heteroatoms. The number of carboxylic acid groups (broad SMARTS) is 1. The molecule has 0 bridgehead atoms. The molecule has 3 aromatic rings. The summed E-state index contributed by atoms with van der Waals surface area (Å²) < 4.78 is 73.8. The minimum absolute atomic E-state index is 0. The van der Waals surface area contributed by atoms with Crippen molar-refractivity contribution in [2.75, 3.05) is 0 Å². The number of hydrogen-bond donors (Lipinski definition) is 0. The first-order chi connectivity index (χ1) is 16.1. The molecule has 5 nitrogen and oxygen atoms in total. The molecule has 0 amide bonds. The number of carboxylic acids is 1. The molecule has 1 aliphatic carbocycles. The minimum Gasteiger partial charge on any atom is -0.543 e. The molecule has 2 aromatic heterocycles. The van der Waals surface area contributed by atoms with Crippen LogP contribution in [0.25, 0.3) is 11.1 Å². The third-order valence-corrected chi connectivity index (χ3v) is 5.40. The summed E-state index contributed by atoms with van der Waals surface area (Å²) in [4.78, 5) is 19.0. The number of carbonyl (C=O) groups excluding carboxylic acids is 1. The van der Waals surface area contributed by atoms with Crippen molar-refractivity contribution in [2.45, 2.75) is 32.0 Å². The van der Waals surface area contributed by atoms with Crippen LogP contribution in [0.2, 0.25) is 0 Å². The number of ether oxygens (including phenoxy) is 1. The molecule has 0 unspecified atom stereocenters. The van der Waals surface area contributed by atoms with E-state index in [-0.39, 0.29) is 58.0 Å². The average Bonchev–Trinajstić information content (AvgIpc) is 3.28. The maximum absolute atomic E-state index is 14.0. The number of benzene rings is 1.